The molecule has 14 heteroatoms. The molecule has 0 aromatic carbocycles. The minimum absolute atomic E-state index is 0.0116. The van der Waals surface area contributed by atoms with E-state index in [1.165, 1.54) is 24.3 Å². The number of nitrogens with two attached hydrogens (primary N) is 1. The molecule has 4 atom stereocenters. The highest BCUT2D eigenvalue weighted by molar-refractivity contribution is 7.98. The lowest BCUT2D eigenvalue weighted by Crippen LogP contribution is -2.58. The van der Waals surface area contributed by atoms with E-state index >= 15 is 0 Å². The fraction of sp³-hybridized carbons (Fsp3) is 0.600. The number of aromatic nitrogens is 2. The molecule has 1 aliphatic rings. The predicted octanol–water partition coefficient (Wildman–Crippen LogP) is -1.45. The van der Waals surface area contributed by atoms with Gasteiger partial charge in [-0.3, -0.25) is 19.2 Å². The number of carboxylic acid groups (broad SMARTS) is 2. The van der Waals surface area contributed by atoms with Crippen molar-refractivity contribution in [3.63, 3.8) is 0 Å². The topological polar surface area (TPSA) is 208 Å². The van der Waals surface area contributed by atoms with Crippen LogP contribution in [-0.2, 0) is 30.4 Å². The Morgan fingerprint density at radius 1 is 1.24 bits per heavy atom. The Morgan fingerprint density at radius 2 is 1.94 bits per heavy atom. The van der Waals surface area contributed by atoms with Crippen molar-refractivity contribution in [1.82, 2.24) is 25.5 Å². The number of likely N-dealkylation sites (tertiary alicyclic amines) is 1. The largest absolute Gasteiger partial charge is 0.481 e. The Morgan fingerprint density at radius 3 is 2.53 bits per heavy atom. The third kappa shape index (κ3) is 7.73. The number of hydrogen-bond donors (Lipinski definition) is 6. The van der Waals surface area contributed by atoms with Gasteiger partial charge in [0.25, 0.3) is 0 Å². The van der Waals surface area contributed by atoms with Gasteiger partial charge in [0.05, 0.1) is 18.8 Å². The van der Waals surface area contributed by atoms with E-state index in [0.717, 1.165) is 4.90 Å². The van der Waals surface area contributed by atoms with Crippen molar-refractivity contribution in [2.75, 3.05) is 18.6 Å². The summed E-state index contributed by atoms with van der Waals surface area (Å²) in [5.41, 5.74) is 6.41. The van der Waals surface area contributed by atoms with Crippen LogP contribution in [0.3, 0.4) is 0 Å². The zero-order valence-electron chi connectivity index (χ0n) is 18.7. The van der Waals surface area contributed by atoms with E-state index in [-0.39, 0.29) is 19.4 Å². The molecule has 3 amide bonds. The maximum atomic E-state index is 13.1. The van der Waals surface area contributed by atoms with Crippen molar-refractivity contribution in [3.8, 4) is 0 Å². The van der Waals surface area contributed by atoms with Gasteiger partial charge in [-0.25, -0.2) is 9.78 Å². The number of carbonyl (C=O) groups is 5. The smallest absolute Gasteiger partial charge is 0.326 e. The van der Waals surface area contributed by atoms with Gasteiger partial charge in [0, 0.05) is 24.9 Å². The molecule has 1 aliphatic heterocycles. The molecule has 1 fully saturated rings. The first-order valence-corrected chi connectivity index (χ1v) is 12.1. The van der Waals surface area contributed by atoms with Crippen LogP contribution < -0.4 is 16.4 Å². The molecule has 0 aliphatic carbocycles. The summed E-state index contributed by atoms with van der Waals surface area (Å²) in [6.07, 6.45) is 5.04. The first-order valence-electron chi connectivity index (χ1n) is 10.7. The van der Waals surface area contributed by atoms with Gasteiger partial charge in [0.15, 0.2) is 0 Å². The van der Waals surface area contributed by atoms with Crippen molar-refractivity contribution in [2.45, 2.75) is 56.3 Å². The van der Waals surface area contributed by atoms with E-state index in [2.05, 4.69) is 20.6 Å². The first kappa shape index (κ1) is 27.1. The van der Waals surface area contributed by atoms with Crippen LogP contribution in [0.1, 0.15) is 31.4 Å². The average Bonchev–Trinajstić information content (AvgIpc) is 3.47. The number of aromatic amines is 1. The molecule has 188 valence electrons. The van der Waals surface area contributed by atoms with E-state index in [0.29, 0.717) is 24.3 Å². The number of carbonyl (C=O) groups excluding carboxylic acids is 3. The molecule has 0 saturated carbocycles. The molecule has 2 heterocycles. The number of carboxylic acids is 2. The van der Waals surface area contributed by atoms with Gasteiger partial charge in [-0.15, -0.1) is 0 Å². The maximum Gasteiger partial charge on any atom is 0.326 e. The van der Waals surface area contributed by atoms with E-state index in [1.54, 1.807) is 0 Å². The molecular weight excluding hydrogens is 468 g/mol. The molecule has 4 unspecified atom stereocenters. The summed E-state index contributed by atoms with van der Waals surface area (Å²) >= 11 is 1.52. The number of nitrogens with one attached hydrogen (secondary N) is 3. The summed E-state index contributed by atoms with van der Waals surface area (Å²) in [7, 11) is 0. The van der Waals surface area contributed by atoms with Crippen LogP contribution in [0.15, 0.2) is 12.5 Å². The summed E-state index contributed by atoms with van der Waals surface area (Å²) < 4.78 is 0. The zero-order chi connectivity index (χ0) is 25.3. The standard InChI is InChI=1S/C20H30N6O7S/c1-34-6-4-12(21)17(29)24-13(7-11-9-22-10-23-11)18(30)25-14(8-16(27)28)19(31)26-5-2-3-15(26)20(32)33/h9-10,12-15H,2-8,21H2,1H3,(H,22,23)(H,24,29)(H,25,30)(H,27,28)(H,32,33). The van der Waals surface area contributed by atoms with Crippen LogP contribution in [0.5, 0.6) is 0 Å². The second-order valence-electron chi connectivity index (χ2n) is 7.92. The Kier molecular flexibility index (Phi) is 10.3. The van der Waals surface area contributed by atoms with E-state index in [4.69, 9.17) is 5.73 Å². The SMILES string of the molecule is CSCCC(N)C(=O)NC(Cc1cnc[nH]1)C(=O)NC(CC(=O)O)C(=O)N1CCCC1C(=O)O. The van der Waals surface area contributed by atoms with Crippen LogP contribution in [0.25, 0.3) is 0 Å². The highest BCUT2D eigenvalue weighted by Gasteiger charge is 2.39. The zero-order valence-corrected chi connectivity index (χ0v) is 19.5. The highest BCUT2D eigenvalue weighted by atomic mass is 32.2. The molecule has 7 N–H and O–H groups in total. The number of thioether (sulfide) groups is 1. The van der Waals surface area contributed by atoms with Crippen molar-refractivity contribution in [2.24, 2.45) is 5.73 Å². The maximum absolute atomic E-state index is 13.1. The average molecular weight is 499 g/mol. The summed E-state index contributed by atoms with van der Waals surface area (Å²) in [5.74, 6) is -4.08. The fourth-order valence-electron chi connectivity index (χ4n) is 3.61. The number of nitrogens with zero attached hydrogens (tertiary/aromatic N) is 2. The van der Waals surface area contributed by atoms with Crippen molar-refractivity contribution in [1.29, 1.82) is 0 Å². The van der Waals surface area contributed by atoms with Crippen LogP contribution in [0.2, 0.25) is 0 Å². The number of H-pyrrole nitrogens is 1. The summed E-state index contributed by atoms with van der Waals surface area (Å²) in [6, 6.07) is -4.62. The van der Waals surface area contributed by atoms with Gasteiger partial charge in [-0.1, -0.05) is 0 Å². The van der Waals surface area contributed by atoms with Gasteiger partial charge in [0.2, 0.25) is 17.7 Å². The van der Waals surface area contributed by atoms with E-state index in [9.17, 15) is 34.2 Å². The van der Waals surface area contributed by atoms with Gasteiger partial charge in [-0.2, -0.15) is 11.8 Å². The fourth-order valence-corrected chi connectivity index (χ4v) is 4.10. The number of aliphatic carboxylic acids is 2. The number of rotatable bonds is 13. The summed E-state index contributed by atoms with van der Waals surface area (Å²) in [4.78, 5) is 69.2. The third-order valence-corrected chi connectivity index (χ3v) is 6.04. The second-order valence-corrected chi connectivity index (χ2v) is 8.90. The van der Waals surface area contributed by atoms with Crippen LogP contribution in [-0.4, -0.2) is 97.5 Å². The molecule has 13 nitrogen and oxygen atoms in total. The quantitative estimate of drug-likeness (QED) is 0.186. The number of hydrogen-bond acceptors (Lipinski definition) is 8. The van der Waals surface area contributed by atoms with E-state index in [1.807, 2.05) is 6.26 Å². The first-order chi connectivity index (χ1) is 16.1. The lowest BCUT2D eigenvalue weighted by atomic mass is 10.1. The lowest BCUT2D eigenvalue weighted by molar-refractivity contribution is -0.150. The van der Waals surface area contributed by atoms with Crippen LogP contribution >= 0.6 is 11.8 Å². The minimum atomic E-state index is -1.50. The molecule has 34 heavy (non-hydrogen) atoms. The van der Waals surface area contributed by atoms with Gasteiger partial charge in [-0.05, 0) is 31.3 Å². The second kappa shape index (κ2) is 12.9. The van der Waals surface area contributed by atoms with Gasteiger partial charge >= 0.3 is 11.9 Å². The molecule has 1 saturated heterocycles. The Labute approximate surface area is 200 Å². The normalized spacial score (nSPS) is 18.1. The lowest BCUT2D eigenvalue weighted by Gasteiger charge is -2.28. The summed E-state index contributed by atoms with van der Waals surface area (Å²) in [6.45, 7) is 0.139. The molecule has 0 spiro atoms. The Balaban J connectivity index is 2.18. The highest BCUT2D eigenvalue weighted by Crippen LogP contribution is 2.19. The number of imidazole rings is 1. The van der Waals surface area contributed by atoms with Crippen molar-refractivity contribution >= 4 is 41.4 Å². The number of amides is 3. The van der Waals surface area contributed by atoms with Crippen molar-refractivity contribution in [3.05, 3.63) is 18.2 Å². The monoisotopic (exact) mass is 498 g/mol. The molecular formula is C20H30N6O7S. The molecule has 0 bridgehead atoms. The van der Waals surface area contributed by atoms with Crippen LogP contribution in [0, 0.1) is 0 Å². The third-order valence-electron chi connectivity index (χ3n) is 5.40. The molecule has 1 aromatic heterocycles. The molecule has 0 radical (unpaired) electrons. The van der Waals surface area contributed by atoms with Gasteiger partial charge in [0.1, 0.15) is 18.1 Å². The summed E-state index contributed by atoms with van der Waals surface area (Å²) in [5, 5.41) is 23.6. The van der Waals surface area contributed by atoms with Crippen molar-refractivity contribution < 1.29 is 34.2 Å². The van der Waals surface area contributed by atoms with E-state index < -0.39 is 60.2 Å². The Bertz CT molecular complexity index is 881. The minimum Gasteiger partial charge on any atom is -0.481 e. The predicted molar refractivity (Wildman–Crippen MR) is 122 cm³/mol. The van der Waals surface area contributed by atoms with Crippen LogP contribution in [0.4, 0.5) is 0 Å². The molecule has 2 rings (SSSR count). The Hall–Kier alpha value is -3.13. The van der Waals surface area contributed by atoms with Gasteiger partial charge < -0.3 is 36.5 Å². The molecule has 1 aromatic rings.